The third-order valence-corrected chi connectivity index (χ3v) is 6.69. The van der Waals surface area contributed by atoms with E-state index in [9.17, 15) is 4.79 Å². The molecular formula is C22H28N8O. The molecule has 0 unspecified atom stereocenters. The third kappa shape index (κ3) is 4.04. The molecule has 9 nitrogen and oxygen atoms in total. The Hall–Kier alpha value is -2.87. The summed E-state index contributed by atoms with van der Waals surface area (Å²) < 4.78 is 0. The number of hydrogen-bond acceptors (Lipinski definition) is 6. The lowest BCUT2D eigenvalue weighted by molar-refractivity contribution is -0.125. The first-order valence-corrected chi connectivity index (χ1v) is 11.2. The van der Waals surface area contributed by atoms with E-state index in [-0.39, 0.29) is 5.91 Å². The van der Waals surface area contributed by atoms with Crippen molar-refractivity contribution in [1.82, 2.24) is 20.0 Å². The molecule has 0 spiro atoms. The molecule has 1 amide bonds. The largest absolute Gasteiger partial charge is 0.317 e. The van der Waals surface area contributed by atoms with Crippen molar-refractivity contribution in [1.29, 1.82) is 0 Å². The molecule has 0 saturated carbocycles. The molecule has 162 valence electrons. The maximum atomic E-state index is 13.6. The predicted molar refractivity (Wildman–Crippen MR) is 118 cm³/mol. The minimum Gasteiger partial charge on any atom is -0.317 e. The lowest BCUT2D eigenvalue weighted by Crippen LogP contribution is -2.55. The number of guanidine groups is 1. The average Bonchev–Trinajstić information content (AvgIpc) is 3.29. The van der Waals surface area contributed by atoms with Crippen LogP contribution in [0.4, 0.5) is 5.69 Å². The maximum absolute atomic E-state index is 13.6. The van der Waals surface area contributed by atoms with Crippen LogP contribution in [0.3, 0.4) is 0 Å². The number of carbonyl (C=O) groups excluding carboxylic acids is 1. The molecule has 0 bridgehead atoms. The number of piperidine rings is 1. The van der Waals surface area contributed by atoms with E-state index >= 15 is 0 Å². The second kappa shape index (κ2) is 8.70. The highest BCUT2D eigenvalue weighted by Crippen LogP contribution is 2.32. The number of fused-ring (bicyclic) bond motifs is 2. The van der Waals surface area contributed by atoms with Crippen molar-refractivity contribution < 1.29 is 4.79 Å². The highest BCUT2D eigenvalue weighted by molar-refractivity contribution is 6.09. The van der Waals surface area contributed by atoms with E-state index in [1.807, 2.05) is 29.2 Å². The van der Waals surface area contributed by atoms with Gasteiger partial charge < -0.3 is 10.2 Å². The summed E-state index contributed by atoms with van der Waals surface area (Å²) in [5.74, 6) is 1.56. The summed E-state index contributed by atoms with van der Waals surface area (Å²) >= 11 is 0. The van der Waals surface area contributed by atoms with Gasteiger partial charge in [-0.1, -0.05) is 29.4 Å². The number of nitrogens with zero attached hydrogens (tertiary/aromatic N) is 7. The summed E-state index contributed by atoms with van der Waals surface area (Å²) in [7, 11) is 0. The number of rotatable bonds is 5. The number of azide groups is 1. The Morgan fingerprint density at radius 2 is 2.00 bits per heavy atom. The van der Waals surface area contributed by atoms with Gasteiger partial charge in [-0.15, -0.1) is 0 Å². The Morgan fingerprint density at radius 3 is 2.77 bits per heavy atom. The van der Waals surface area contributed by atoms with Gasteiger partial charge in [0.2, 0.25) is 5.96 Å². The van der Waals surface area contributed by atoms with E-state index in [4.69, 9.17) is 10.5 Å². The molecule has 1 saturated heterocycles. The molecule has 0 aliphatic carbocycles. The number of nitrogens with one attached hydrogen (secondary N) is 1. The molecule has 5 rings (SSSR count). The van der Waals surface area contributed by atoms with Gasteiger partial charge in [-0.3, -0.25) is 19.6 Å². The first kappa shape index (κ1) is 20.1. The van der Waals surface area contributed by atoms with Crippen molar-refractivity contribution in [2.24, 2.45) is 16.0 Å². The van der Waals surface area contributed by atoms with Gasteiger partial charge in [0, 0.05) is 55.4 Å². The van der Waals surface area contributed by atoms with Gasteiger partial charge in [-0.25, -0.2) is 0 Å². The minimum absolute atomic E-state index is 0.147. The molecule has 0 atom stereocenters. The third-order valence-electron chi connectivity index (χ3n) is 6.69. The molecule has 1 aromatic carbocycles. The second-order valence-electron chi connectivity index (χ2n) is 8.68. The number of aliphatic imine (C=N–C) groups is 1. The van der Waals surface area contributed by atoms with E-state index in [1.54, 1.807) is 0 Å². The van der Waals surface area contributed by atoms with Crippen LogP contribution in [0.5, 0.6) is 0 Å². The van der Waals surface area contributed by atoms with Crippen LogP contribution in [0, 0.1) is 5.92 Å². The summed E-state index contributed by atoms with van der Waals surface area (Å²) in [6.07, 6.45) is 3.10. The van der Waals surface area contributed by atoms with E-state index in [0.717, 1.165) is 82.2 Å². The summed E-state index contributed by atoms with van der Waals surface area (Å²) in [6.45, 7) is 6.84. The van der Waals surface area contributed by atoms with Crippen LogP contribution in [-0.4, -0.2) is 72.4 Å². The Bertz CT molecular complexity index is 956. The maximum Gasteiger partial charge on any atom is 0.259 e. The molecule has 31 heavy (non-hydrogen) atoms. The molecule has 4 heterocycles. The van der Waals surface area contributed by atoms with Crippen molar-refractivity contribution in [2.45, 2.75) is 25.8 Å². The normalized spacial score (nSPS) is 22.2. The average molecular weight is 421 g/mol. The van der Waals surface area contributed by atoms with E-state index < -0.39 is 0 Å². The van der Waals surface area contributed by atoms with Gasteiger partial charge in [0.15, 0.2) is 0 Å². The van der Waals surface area contributed by atoms with E-state index in [1.165, 1.54) is 5.70 Å². The molecule has 1 aromatic rings. The van der Waals surface area contributed by atoms with Gasteiger partial charge >= 0.3 is 0 Å². The zero-order valence-corrected chi connectivity index (χ0v) is 17.7. The highest BCUT2D eigenvalue weighted by Gasteiger charge is 2.41. The lowest BCUT2D eigenvalue weighted by atomic mass is 9.95. The molecule has 0 aromatic heterocycles. The van der Waals surface area contributed by atoms with Crippen LogP contribution in [0.1, 0.15) is 24.8 Å². The van der Waals surface area contributed by atoms with E-state index in [2.05, 4.69) is 25.1 Å². The van der Waals surface area contributed by atoms with Gasteiger partial charge in [-0.05, 0) is 42.9 Å². The predicted octanol–water partition coefficient (Wildman–Crippen LogP) is 2.60. The highest BCUT2D eigenvalue weighted by atomic mass is 16.2. The first-order valence-electron chi connectivity index (χ1n) is 11.2. The standard InChI is InChI=1S/C22H28N8O/c23-27-26-18-3-1-16(2-4-18)13-28-11-7-20-19(15-28)21(31)30(22-25-10-12-29(20)22)14-17-5-8-24-9-6-17/h1-4,17,24H,5-15H2. The van der Waals surface area contributed by atoms with Crippen molar-refractivity contribution in [3.63, 3.8) is 0 Å². The van der Waals surface area contributed by atoms with Crippen LogP contribution >= 0.6 is 0 Å². The first-order chi connectivity index (χ1) is 15.2. The number of hydrogen-bond donors (Lipinski definition) is 1. The fraction of sp³-hybridized carbons (Fsp3) is 0.545. The zero-order chi connectivity index (χ0) is 21.2. The minimum atomic E-state index is 0.147. The molecule has 9 heteroatoms. The Morgan fingerprint density at radius 1 is 1.19 bits per heavy atom. The van der Waals surface area contributed by atoms with Crippen molar-refractivity contribution in [3.8, 4) is 0 Å². The summed E-state index contributed by atoms with van der Waals surface area (Å²) in [5.41, 5.74) is 12.5. The fourth-order valence-electron chi connectivity index (χ4n) is 5.07. The zero-order valence-electron chi connectivity index (χ0n) is 17.7. The number of carbonyl (C=O) groups is 1. The van der Waals surface area contributed by atoms with Crippen LogP contribution < -0.4 is 5.32 Å². The SMILES string of the molecule is [N-]=[N+]=Nc1ccc(CN2CCC3=C(C2)C(=O)N(CC2CCNCC2)C2=NCCN23)cc1. The Balaban J connectivity index is 1.32. The molecule has 4 aliphatic rings. The van der Waals surface area contributed by atoms with Crippen molar-refractivity contribution in [3.05, 3.63) is 51.5 Å². The smallest absolute Gasteiger partial charge is 0.259 e. The van der Waals surface area contributed by atoms with Gasteiger partial charge in [-0.2, -0.15) is 0 Å². The molecule has 1 fully saturated rings. The summed E-state index contributed by atoms with van der Waals surface area (Å²) in [4.78, 5) is 27.7. The van der Waals surface area contributed by atoms with Crippen LogP contribution in [0.2, 0.25) is 0 Å². The van der Waals surface area contributed by atoms with Gasteiger partial charge in [0.25, 0.3) is 5.91 Å². The lowest BCUT2D eigenvalue weighted by Gasteiger charge is -2.43. The Kier molecular flexibility index (Phi) is 5.63. The van der Waals surface area contributed by atoms with Crippen molar-refractivity contribution in [2.75, 3.05) is 45.8 Å². The number of benzene rings is 1. The van der Waals surface area contributed by atoms with Crippen LogP contribution in [0.15, 0.2) is 45.6 Å². The molecule has 1 N–H and O–H groups in total. The topological polar surface area (TPSA) is 99.9 Å². The van der Waals surface area contributed by atoms with Crippen LogP contribution in [-0.2, 0) is 11.3 Å². The second-order valence-corrected chi connectivity index (χ2v) is 8.68. The Labute approximate surface area is 182 Å². The van der Waals surface area contributed by atoms with Crippen LogP contribution in [0.25, 0.3) is 10.4 Å². The van der Waals surface area contributed by atoms with Crippen molar-refractivity contribution >= 4 is 17.6 Å². The summed E-state index contributed by atoms with van der Waals surface area (Å²) in [6, 6.07) is 7.66. The molecule has 4 aliphatic heterocycles. The quantitative estimate of drug-likeness (QED) is 0.449. The molecular weight excluding hydrogens is 392 g/mol. The van der Waals surface area contributed by atoms with Gasteiger partial charge in [0.05, 0.1) is 12.1 Å². The summed E-state index contributed by atoms with van der Waals surface area (Å²) in [5, 5.41) is 7.04. The monoisotopic (exact) mass is 420 g/mol. The fourth-order valence-corrected chi connectivity index (χ4v) is 5.07. The number of amides is 1. The molecule has 0 radical (unpaired) electrons. The van der Waals surface area contributed by atoms with E-state index in [0.29, 0.717) is 18.2 Å². The van der Waals surface area contributed by atoms with Gasteiger partial charge in [0.1, 0.15) is 0 Å².